The zero-order valence-corrected chi connectivity index (χ0v) is 16.0. The van der Waals surface area contributed by atoms with Crippen LogP contribution in [-0.4, -0.2) is 48.2 Å². The van der Waals surface area contributed by atoms with Crippen molar-refractivity contribution in [1.82, 2.24) is 9.80 Å². The van der Waals surface area contributed by atoms with Gasteiger partial charge in [-0.3, -0.25) is 4.90 Å². The Hall–Kier alpha value is -1.75. The average molecular weight is 360 g/mol. The van der Waals surface area contributed by atoms with E-state index in [0.29, 0.717) is 13.1 Å². The summed E-state index contributed by atoms with van der Waals surface area (Å²) in [4.78, 5) is 16.1. The van der Waals surface area contributed by atoms with Gasteiger partial charge in [0.15, 0.2) is 0 Å². The smallest absolute Gasteiger partial charge is 0.414 e. The minimum Gasteiger partial charge on any atom is -0.443 e. The predicted molar refractivity (Wildman–Crippen MR) is 104 cm³/mol. The van der Waals surface area contributed by atoms with E-state index in [1.54, 1.807) is 4.90 Å². The summed E-state index contributed by atoms with van der Waals surface area (Å²) >= 11 is 0. The van der Waals surface area contributed by atoms with Crippen molar-refractivity contribution in [3.05, 3.63) is 36.2 Å². The summed E-state index contributed by atoms with van der Waals surface area (Å²) in [6, 6.07) is 0. The number of nitrogens with zero attached hydrogens (tertiary/aromatic N) is 2. The van der Waals surface area contributed by atoms with E-state index in [1.165, 1.54) is 38.5 Å². The molecule has 5 nitrogen and oxygen atoms in total. The molecule has 26 heavy (non-hydrogen) atoms. The molecule has 3 unspecified atom stereocenters. The molecule has 1 amide bonds. The Labute approximate surface area is 157 Å². The molecule has 2 aliphatic heterocycles. The number of carbonyl (C=O) groups is 1. The normalized spacial score (nSPS) is 30.3. The van der Waals surface area contributed by atoms with Crippen molar-refractivity contribution in [2.45, 2.75) is 51.6 Å². The number of allylic oxidation sites excluding steroid dienone is 3. The van der Waals surface area contributed by atoms with Crippen LogP contribution in [0.2, 0.25) is 0 Å². The summed E-state index contributed by atoms with van der Waals surface area (Å²) in [6.45, 7) is 9.30. The minimum absolute atomic E-state index is 0.219. The molecule has 2 N–H and O–H groups in total. The first kappa shape index (κ1) is 19.0. The molecule has 2 saturated heterocycles. The molecule has 0 aromatic heterocycles. The fraction of sp³-hybridized carbons (Fsp3) is 0.667. The van der Waals surface area contributed by atoms with E-state index < -0.39 is 0 Å². The SMILES string of the molecule is C=C(/C=C\C(=C/C)N1CC(CN)OC1=O)N1CCC2CCCCCC2C1. The number of fused-ring (bicyclic) bond motifs is 1. The zero-order valence-electron chi connectivity index (χ0n) is 16.0. The van der Waals surface area contributed by atoms with Crippen molar-refractivity contribution in [1.29, 1.82) is 0 Å². The van der Waals surface area contributed by atoms with Crippen molar-refractivity contribution in [3.8, 4) is 0 Å². The van der Waals surface area contributed by atoms with Crippen molar-refractivity contribution in [3.63, 3.8) is 0 Å². The summed E-state index contributed by atoms with van der Waals surface area (Å²) < 4.78 is 5.25. The fourth-order valence-electron chi connectivity index (χ4n) is 4.52. The Balaban J connectivity index is 1.59. The number of carbonyl (C=O) groups excluding carboxylic acids is 1. The van der Waals surface area contributed by atoms with E-state index in [2.05, 4.69) is 11.5 Å². The molecule has 2 heterocycles. The fourth-order valence-corrected chi connectivity index (χ4v) is 4.52. The van der Waals surface area contributed by atoms with E-state index in [-0.39, 0.29) is 12.2 Å². The Morgan fingerprint density at radius 3 is 2.65 bits per heavy atom. The minimum atomic E-state index is -0.317. The lowest BCUT2D eigenvalue weighted by Gasteiger charge is -2.39. The molecule has 3 aliphatic rings. The maximum Gasteiger partial charge on any atom is 0.414 e. The summed E-state index contributed by atoms with van der Waals surface area (Å²) in [7, 11) is 0. The molecule has 144 valence electrons. The van der Waals surface area contributed by atoms with E-state index in [1.807, 2.05) is 25.2 Å². The second-order valence-corrected chi connectivity index (χ2v) is 7.78. The number of hydrogen-bond acceptors (Lipinski definition) is 4. The van der Waals surface area contributed by atoms with Crippen LogP contribution in [0, 0.1) is 11.8 Å². The third kappa shape index (κ3) is 4.32. The lowest BCUT2D eigenvalue weighted by atomic mass is 9.82. The van der Waals surface area contributed by atoms with Crippen LogP contribution in [0.3, 0.4) is 0 Å². The largest absolute Gasteiger partial charge is 0.443 e. The van der Waals surface area contributed by atoms with Gasteiger partial charge in [-0.1, -0.05) is 38.3 Å². The maximum absolute atomic E-state index is 12.0. The van der Waals surface area contributed by atoms with Crippen LogP contribution < -0.4 is 5.73 Å². The lowest BCUT2D eigenvalue weighted by molar-refractivity contribution is 0.138. The Kier molecular flexibility index (Phi) is 6.41. The summed E-state index contributed by atoms with van der Waals surface area (Å²) in [5.74, 6) is 1.72. The monoisotopic (exact) mass is 359 g/mol. The molecule has 3 rings (SSSR count). The van der Waals surface area contributed by atoms with E-state index >= 15 is 0 Å². The number of nitrogens with two attached hydrogens (primary N) is 1. The van der Waals surface area contributed by atoms with Gasteiger partial charge in [0.25, 0.3) is 0 Å². The predicted octanol–water partition coefficient (Wildman–Crippen LogP) is 3.64. The van der Waals surface area contributed by atoms with Crippen LogP contribution in [0.15, 0.2) is 36.2 Å². The first-order valence-electron chi connectivity index (χ1n) is 10.1. The number of piperidine rings is 1. The Morgan fingerprint density at radius 2 is 1.96 bits per heavy atom. The maximum atomic E-state index is 12.0. The molecule has 0 aromatic carbocycles. The first-order valence-corrected chi connectivity index (χ1v) is 10.1. The van der Waals surface area contributed by atoms with Gasteiger partial charge in [-0.05, 0) is 43.8 Å². The Morgan fingerprint density at radius 1 is 1.19 bits per heavy atom. The lowest BCUT2D eigenvalue weighted by Crippen LogP contribution is -2.39. The van der Waals surface area contributed by atoms with E-state index in [4.69, 9.17) is 10.5 Å². The van der Waals surface area contributed by atoms with Crippen LogP contribution in [0.4, 0.5) is 4.79 Å². The van der Waals surface area contributed by atoms with Gasteiger partial charge in [0, 0.05) is 31.0 Å². The second kappa shape index (κ2) is 8.76. The average Bonchev–Trinajstić information content (AvgIpc) is 2.88. The number of likely N-dealkylation sites (tertiary alicyclic amines) is 1. The topological polar surface area (TPSA) is 58.8 Å². The highest BCUT2D eigenvalue weighted by molar-refractivity contribution is 5.73. The molecule has 5 heteroatoms. The quantitative estimate of drug-likeness (QED) is 0.762. The van der Waals surface area contributed by atoms with Crippen LogP contribution in [0.25, 0.3) is 0 Å². The van der Waals surface area contributed by atoms with Gasteiger partial charge in [-0.2, -0.15) is 0 Å². The molecule has 1 saturated carbocycles. The number of amides is 1. The van der Waals surface area contributed by atoms with Crippen LogP contribution in [0.1, 0.15) is 45.4 Å². The van der Waals surface area contributed by atoms with E-state index in [0.717, 1.165) is 36.3 Å². The summed E-state index contributed by atoms with van der Waals surface area (Å²) in [5.41, 5.74) is 7.50. The van der Waals surface area contributed by atoms with Gasteiger partial charge >= 0.3 is 6.09 Å². The third-order valence-electron chi connectivity index (χ3n) is 6.14. The highest BCUT2D eigenvalue weighted by Crippen LogP contribution is 2.36. The van der Waals surface area contributed by atoms with Crippen LogP contribution in [-0.2, 0) is 4.74 Å². The molecule has 0 spiro atoms. The molecule has 0 bridgehead atoms. The van der Waals surface area contributed by atoms with Crippen molar-refractivity contribution < 1.29 is 9.53 Å². The highest BCUT2D eigenvalue weighted by atomic mass is 16.6. The van der Waals surface area contributed by atoms with Gasteiger partial charge in [0.05, 0.1) is 6.54 Å². The molecule has 0 aromatic rings. The molecule has 3 atom stereocenters. The van der Waals surface area contributed by atoms with Gasteiger partial charge < -0.3 is 15.4 Å². The molecule has 3 fully saturated rings. The van der Waals surface area contributed by atoms with Crippen molar-refractivity contribution >= 4 is 6.09 Å². The standard InChI is InChI=1S/C21H33N3O2/c1-3-19(24-15-20(13-22)26-21(24)25)10-9-16(2)23-12-11-17-7-5-4-6-8-18(17)14-23/h3,9-10,17-18,20H,2,4-8,11-15,22H2,1H3/b10-9-,19-3+. The number of rotatable bonds is 5. The van der Waals surface area contributed by atoms with Gasteiger partial charge in [-0.15, -0.1) is 0 Å². The molecule has 1 aliphatic carbocycles. The molecular weight excluding hydrogens is 326 g/mol. The van der Waals surface area contributed by atoms with Gasteiger partial charge in [0.1, 0.15) is 6.10 Å². The van der Waals surface area contributed by atoms with Gasteiger partial charge in [0.2, 0.25) is 0 Å². The van der Waals surface area contributed by atoms with Crippen molar-refractivity contribution in [2.75, 3.05) is 26.2 Å². The number of ether oxygens (including phenoxy) is 1. The summed E-state index contributed by atoms with van der Waals surface area (Å²) in [5, 5.41) is 0. The van der Waals surface area contributed by atoms with Crippen molar-refractivity contribution in [2.24, 2.45) is 17.6 Å². The Bertz CT molecular complexity index is 584. The number of cyclic esters (lactones) is 1. The molecular formula is C21H33N3O2. The van der Waals surface area contributed by atoms with Crippen LogP contribution in [0.5, 0.6) is 0 Å². The van der Waals surface area contributed by atoms with Crippen LogP contribution >= 0.6 is 0 Å². The zero-order chi connectivity index (χ0) is 18.5. The second-order valence-electron chi connectivity index (χ2n) is 7.78. The van der Waals surface area contributed by atoms with E-state index in [9.17, 15) is 4.79 Å². The highest BCUT2D eigenvalue weighted by Gasteiger charge is 2.32. The summed E-state index contributed by atoms with van der Waals surface area (Å²) in [6.07, 6.45) is 13.6. The first-order chi connectivity index (χ1) is 12.6. The molecule has 0 radical (unpaired) electrons. The van der Waals surface area contributed by atoms with Gasteiger partial charge in [-0.25, -0.2) is 4.79 Å². The number of hydrogen-bond donors (Lipinski definition) is 1. The third-order valence-corrected chi connectivity index (χ3v) is 6.14.